The minimum absolute atomic E-state index is 0.279. The highest BCUT2D eigenvalue weighted by molar-refractivity contribution is 6.43. The van der Waals surface area contributed by atoms with E-state index in [1.54, 1.807) is 12.1 Å². The van der Waals surface area contributed by atoms with Gasteiger partial charge in [-0.25, -0.2) is 0 Å². The van der Waals surface area contributed by atoms with Gasteiger partial charge in [-0.05, 0) is 18.7 Å². The number of β-amino-alcohol motifs (C(OH)–C–C–N with tert-alkyl or cyclic N) is 1. The summed E-state index contributed by atoms with van der Waals surface area (Å²) in [6, 6.07) is 3.13. The van der Waals surface area contributed by atoms with E-state index in [2.05, 4.69) is 4.90 Å². The molecule has 1 N–H and O–H groups in total. The first-order valence-electron chi connectivity index (χ1n) is 5.70. The van der Waals surface area contributed by atoms with Crippen molar-refractivity contribution >= 4 is 34.8 Å². The quantitative estimate of drug-likeness (QED) is 0.852. The number of hydrogen-bond donors (Lipinski definition) is 1. The molecule has 1 aromatic rings. The average molecular weight is 311 g/mol. The Bertz CT molecular complexity index is 455. The van der Waals surface area contributed by atoms with Crippen molar-refractivity contribution in [2.75, 3.05) is 26.2 Å². The summed E-state index contributed by atoms with van der Waals surface area (Å²) in [4.78, 5) is 2.08. The van der Waals surface area contributed by atoms with Gasteiger partial charge in [0, 0.05) is 17.1 Å². The van der Waals surface area contributed by atoms with Crippen LogP contribution in [0.2, 0.25) is 15.1 Å². The number of morpholine rings is 1. The van der Waals surface area contributed by atoms with Crippen LogP contribution in [0.3, 0.4) is 0 Å². The van der Waals surface area contributed by atoms with Gasteiger partial charge in [0.15, 0.2) is 0 Å². The van der Waals surface area contributed by atoms with Crippen LogP contribution >= 0.6 is 34.8 Å². The van der Waals surface area contributed by atoms with Crippen LogP contribution in [0, 0.1) is 0 Å². The van der Waals surface area contributed by atoms with E-state index in [-0.39, 0.29) is 5.02 Å². The molecule has 1 saturated heterocycles. The average Bonchev–Trinajstić information content (AvgIpc) is 2.33. The molecule has 1 aromatic carbocycles. The van der Waals surface area contributed by atoms with Crippen LogP contribution in [-0.2, 0) is 10.5 Å². The first kappa shape index (κ1) is 14.4. The molecule has 1 fully saturated rings. The van der Waals surface area contributed by atoms with Crippen LogP contribution in [0.25, 0.3) is 0 Å². The monoisotopic (exact) mass is 309 g/mol. The molecular formula is C12H14Cl3NO2. The number of ether oxygens (including phenoxy) is 1. The Morgan fingerprint density at radius 3 is 2.78 bits per heavy atom. The highest BCUT2D eigenvalue weighted by atomic mass is 35.5. The lowest BCUT2D eigenvalue weighted by molar-refractivity contribution is -0.247. The Kier molecular flexibility index (Phi) is 4.42. The van der Waals surface area contributed by atoms with Crippen molar-refractivity contribution in [1.29, 1.82) is 0 Å². The molecule has 0 aliphatic carbocycles. The maximum absolute atomic E-state index is 10.6. The van der Waals surface area contributed by atoms with Gasteiger partial charge in [0.1, 0.15) is 0 Å². The second kappa shape index (κ2) is 5.53. The standard InChI is InChI=1S/C12H14Cl3NO2/c1-2-16-3-4-18-12(17,7-16)9-5-8(13)6-10(14)11(9)15/h5-6,17H,2-4,7H2,1H3/t12-/m0/s1. The normalized spacial score (nSPS) is 25.4. The maximum atomic E-state index is 10.6. The van der Waals surface area contributed by atoms with Crippen LogP contribution in [0.5, 0.6) is 0 Å². The fourth-order valence-electron chi connectivity index (χ4n) is 2.04. The zero-order chi connectivity index (χ0) is 13.3. The zero-order valence-electron chi connectivity index (χ0n) is 9.92. The lowest BCUT2D eigenvalue weighted by atomic mass is 10.0. The summed E-state index contributed by atoms with van der Waals surface area (Å²) >= 11 is 18.1. The van der Waals surface area contributed by atoms with Gasteiger partial charge in [0.25, 0.3) is 0 Å². The van der Waals surface area contributed by atoms with Gasteiger partial charge < -0.3 is 9.84 Å². The Morgan fingerprint density at radius 1 is 1.39 bits per heavy atom. The van der Waals surface area contributed by atoms with Gasteiger partial charge in [-0.2, -0.15) is 0 Å². The second-order valence-electron chi connectivity index (χ2n) is 4.25. The van der Waals surface area contributed by atoms with Gasteiger partial charge in [0.05, 0.1) is 23.2 Å². The summed E-state index contributed by atoms with van der Waals surface area (Å²) in [6.45, 7) is 4.42. The number of benzene rings is 1. The van der Waals surface area contributed by atoms with E-state index < -0.39 is 5.79 Å². The Morgan fingerprint density at radius 2 is 2.11 bits per heavy atom. The lowest BCUT2D eigenvalue weighted by Crippen LogP contribution is -2.49. The van der Waals surface area contributed by atoms with Crippen molar-refractivity contribution < 1.29 is 9.84 Å². The Labute approximate surface area is 121 Å². The smallest absolute Gasteiger partial charge is 0.207 e. The molecule has 1 atom stereocenters. The van der Waals surface area contributed by atoms with E-state index in [0.29, 0.717) is 28.8 Å². The van der Waals surface area contributed by atoms with Crippen molar-refractivity contribution in [2.24, 2.45) is 0 Å². The molecule has 2 rings (SSSR count). The van der Waals surface area contributed by atoms with Gasteiger partial charge in [-0.3, -0.25) is 4.90 Å². The molecule has 0 radical (unpaired) electrons. The molecule has 1 aliphatic rings. The lowest BCUT2D eigenvalue weighted by Gasteiger charge is -2.39. The molecule has 18 heavy (non-hydrogen) atoms. The highest BCUT2D eigenvalue weighted by Gasteiger charge is 2.38. The fraction of sp³-hybridized carbons (Fsp3) is 0.500. The SMILES string of the molecule is CCN1CCO[C@](O)(c2cc(Cl)cc(Cl)c2Cl)C1. The topological polar surface area (TPSA) is 32.7 Å². The number of hydrogen-bond acceptors (Lipinski definition) is 3. The molecular weight excluding hydrogens is 296 g/mol. The molecule has 0 saturated carbocycles. The minimum atomic E-state index is -1.46. The number of rotatable bonds is 2. The number of likely N-dealkylation sites (N-methyl/N-ethyl adjacent to an activating group) is 1. The summed E-state index contributed by atoms with van der Waals surface area (Å²) in [7, 11) is 0. The van der Waals surface area contributed by atoms with Crippen LogP contribution in [0.4, 0.5) is 0 Å². The van der Waals surface area contributed by atoms with Crippen molar-refractivity contribution in [2.45, 2.75) is 12.7 Å². The van der Waals surface area contributed by atoms with Crippen LogP contribution in [0.1, 0.15) is 12.5 Å². The third kappa shape index (κ3) is 2.77. The van der Waals surface area contributed by atoms with E-state index in [1.165, 1.54) is 0 Å². The van der Waals surface area contributed by atoms with E-state index >= 15 is 0 Å². The molecule has 3 nitrogen and oxygen atoms in total. The molecule has 0 amide bonds. The van der Waals surface area contributed by atoms with Crippen LogP contribution in [-0.4, -0.2) is 36.2 Å². The van der Waals surface area contributed by atoms with Crippen LogP contribution in [0.15, 0.2) is 12.1 Å². The van der Waals surface area contributed by atoms with Gasteiger partial charge in [0.2, 0.25) is 5.79 Å². The first-order chi connectivity index (χ1) is 8.46. The van der Waals surface area contributed by atoms with Crippen molar-refractivity contribution in [3.63, 3.8) is 0 Å². The summed E-state index contributed by atoms with van der Waals surface area (Å²) in [5.41, 5.74) is 0.416. The number of aliphatic hydroxyl groups is 1. The maximum Gasteiger partial charge on any atom is 0.207 e. The molecule has 0 spiro atoms. The molecule has 0 unspecified atom stereocenters. The summed E-state index contributed by atoms with van der Waals surface area (Å²) in [5.74, 6) is -1.46. The number of halogens is 3. The van der Waals surface area contributed by atoms with Gasteiger partial charge in [-0.15, -0.1) is 0 Å². The second-order valence-corrected chi connectivity index (χ2v) is 5.47. The first-order valence-corrected chi connectivity index (χ1v) is 6.83. The van der Waals surface area contributed by atoms with Gasteiger partial charge in [-0.1, -0.05) is 41.7 Å². The minimum Gasteiger partial charge on any atom is -0.361 e. The zero-order valence-corrected chi connectivity index (χ0v) is 12.2. The third-order valence-corrected chi connectivity index (χ3v) is 4.07. The van der Waals surface area contributed by atoms with E-state index in [9.17, 15) is 5.11 Å². The third-order valence-electron chi connectivity index (χ3n) is 3.05. The van der Waals surface area contributed by atoms with E-state index in [0.717, 1.165) is 13.1 Å². The molecule has 100 valence electrons. The summed E-state index contributed by atoms with van der Waals surface area (Å²) in [5, 5.41) is 11.6. The fourth-order valence-corrected chi connectivity index (χ4v) is 2.79. The largest absolute Gasteiger partial charge is 0.361 e. The Balaban J connectivity index is 2.40. The molecule has 1 aliphatic heterocycles. The molecule has 6 heteroatoms. The van der Waals surface area contributed by atoms with E-state index in [1.807, 2.05) is 6.92 Å². The van der Waals surface area contributed by atoms with Crippen LogP contribution < -0.4 is 0 Å². The summed E-state index contributed by atoms with van der Waals surface area (Å²) in [6.07, 6.45) is 0. The van der Waals surface area contributed by atoms with Crippen molar-refractivity contribution in [3.8, 4) is 0 Å². The summed E-state index contributed by atoms with van der Waals surface area (Å²) < 4.78 is 5.49. The highest BCUT2D eigenvalue weighted by Crippen LogP contribution is 2.38. The predicted molar refractivity (Wildman–Crippen MR) is 73.4 cm³/mol. The predicted octanol–water partition coefficient (Wildman–Crippen LogP) is 3.14. The molecule has 0 bridgehead atoms. The number of nitrogens with zero attached hydrogens (tertiary/aromatic N) is 1. The van der Waals surface area contributed by atoms with E-state index in [4.69, 9.17) is 39.5 Å². The Hall–Kier alpha value is -0.0300. The van der Waals surface area contributed by atoms with Crippen molar-refractivity contribution in [1.82, 2.24) is 4.90 Å². The van der Waals surface area contributed by atoms with Crippen molar-refractivity contribution in [3.05, 3.63) is 32.8 Å². The molecule has 1 heterocycles. The van der Waals surface area contributed by atoms with Gasteiger partial charge >= 0.3 is 0 Å². The molecule has 0 aromatic heterocycles.